The van der Waals surface area contributed by atoms with Gasteiger partial charge in [0.2, 0.25) is 0 Å². The molecule has 0 N–H and O–H groups in total. The van der Waals surface area contributed by atoms with E-state index in [-0.39, 0.29) is 32.8 Å². The molecule has 0 atom stereocenters. The molecular weight excluding hydrogens is 407 g/mol. The molecule has 1 aromatic heterocycles. The Hall–Kier alpha value is -2.45. The summed E-state index contributed by atoms with van der Waals surface area (Å²) in [4.78, 5) is 36.6. The number of ether oxygens (including phenoxy) is 1. The van der Waals surface area contributed by atoms with E-state index in [1.807, 2.05) is 6.92 Å². The maximum atomic E-state index is 12.5. The van der Waals surface area contributed by atoms with Crippen molar-refractivity contribution < 1.29 is 14.3 Å². The lowest BCUT2D eigenvalue weighted by molar-refractivity contribution is -0.115. The van der Waals surface area contributed by atoms with Crippen LogP contribution in [0, 0.1) is 0 Å². The van der Waals surface area contributed by atoms with Crippen molar-refractivity contribution in [3.63, 3.8) is 0 Å². The number of unbranched alkanes of at least 4 members (excludes halogenated alkanes) is 1. The van der Waals surface area contributed by atoms with Crippen molar-refractivity contribution in [3.8, 4) is 5.69 Å². The summed E-state index contributed by atoms with van der Waals surface area (Å²) < 4.78 is 7.46. The molecule has 0 saturated heterocycles. The molecule has 1 aromatic carbocycles. The van der Waals surface area contributed by atoms with E-state index in [1.54, 1.807) is 0 Å². The topological polar surface area (TPSA) is 96.1 Å². The minimum Gasteiger partial charge on any atom is -0.427 e. The number of carbonyl (C=O) groups is 2. The number of benzene rings is 1. The lowest BCUT2D eigenvalue weighted by atomic mass is 10.1. The van der Waals surface area contributed by atoms with E-state index in [2.05, 4.69) is 10.4 Å². The van der Waals surface area contributed by atoms with Gasteiger partial charge in [0, 0.05) is 25.5 Å². The second kappa shape index (κ2) is 8.70. The van der Waals surface area contributed by atoms with Gasteiger partial charge in [-0.1, -0.05) is 36.5 Å². The highest BCUT2D eigenvalue weighted by Gasteiger charge is 2.23. The number of aryl methyl sites for hydroxylation is 1. The second-order valence-corrected chi connectivity index (χ2v) is 7.11. The predicted octanol–water partition coefficient (Wildman–Crippen LogP) is 3.33. The van der Waals surface area contributed by atoms with Crippen LogP contribution in [-0.4, -0.2) is 31.5 Å². The van der Waals surface area contributed by atoms with Gasteiger partial charge in [-0.25, -0.2) is 9.59 Å². The van der Waals surface area contributed by atoms with Gasteiger partial charge in [-0.15, -0.1) is 0 Å². The molecule has 2 aromatic rings. The summed E-state index contributed by atoms with van der Waals surface area (Å²) in [6, 6.07) is 2.82. The van der Waals surface area contributed by atoms with Gasteiger partial charge in [-0.2, -0.15) is 9.36 Å². The van der Waals surface area contributed by atoms with Crippen molar-refractivity contribution in [3.05, 3.63) is 50.1 Å². The summed E-state index contributed by atoms with van der Waals surface area (Å²) in [6.45, 7) is 2.40. The lowest BCUT2D eigenvalue weighted by Crippen LogP contribution is -2.25. The molecule has 1 aliphatic carbocycles. The lowest BCUT2D eigenvalue weighted by Gasteiger charge is -2.14. The first-order valence-corrected chi connectivity index (χ1v) is 9.64. The van der Waals surface area contributed by atoms with E-state index in [0.717, 1.165) is 17.5 Å². The van der Waals surface area contributed by atoms with Crippen LogP contribution in [0.5, 0.6) is 0 Å². The highest BCUT2D eigenvalue weighted by molar-refractivity contribution is 6.39. The average Bonchev–Trinajstić information content (AvgIpc) is 3.00. The molecule has 0 unspecified atom stereocenters. The molecular formula is C18H18Cl2N4O4. The van der Waals surface area contributed by atoms with Gasteiger partial charge < -0.3 is 4.74 Å². The Morgan fingerprint density at radius 1 is 1.21 bits per heavy atom. The third-order valence-corrected chi connectivity index (χ3v) is 4.94. The SMILES string of the molecule is CCCCn1nnn(-c2c(Cl)ccc(C(=O)OC3=CC(=O)CCC3)c2Cl)c1=O. The maximum absolute atomic E-state index is 12.5. The van der Waals surface area contributed by atoms with Gasteiger partial charge in [-0.3, -0.25) is 4.79 Å². The number of nitrogens with zero attached hydrogens (tertiary/aromatic N) is 4. The highest BCUT2D eigenvalue weighted by Crippen LogP contribution is 2.31. The molecule has 0 radical (unpaired) electrons. The van der Waals surface area contributed by atoms with Crippen LogP contribution in [0.1, 0.15) is 49.4 Å². The number of halogens is 2. The molecule has 0 aliphatic heterocycles. The highest BCUT2D eigenvalue weighted by atomic mass is 35.5. The smallest absolute Gasteiger partial charge is 0.368 e. The number of esters is 1. The van der Waals surface area contributed by atoms with Crippen molar-refractivity contribution in [1.82, 2.24) is 19.8 Å². The van der Waals surface area contributed by atoms with Crippen LogP contribution in [0.15, 0.2) is 28.8 Å². The zero-order chi connectivity index (χ0) is 20.3. The molecule has 28 heavy (non-hydrogen) atoms. The predicted molar refractivity (Wildman–Crippen MR) is 103 cm³/mol. The number of carbonyl (C=O) groups excluding carboxylic acids is 2. The van der Waals surface area contributed by atoms with Crippen molar-refractivity contribution in [2.45, 2.75) is 45.6 Å². The minimum atomic E-state index is -0.740. The van der Waals surface area contributed by atoms with Gasteiger partial charge in [-0.05, 0) is 35.4 Å². The van der Waals surface area contributed by atoms with Gasteiger partial charge in [0.25, 0.3) is 0 Å². The molecule has 0 bridgehead atoms. The van der Waals surface area contributed by atoms with Crippen LogP contribution < -0.4 is 5.69 Å². The summed E-state index contributed by atoms with van der Waals surface area (Å²) in [5.41, 5.74) is -0.447. The summed E-state index contributed by atoms with van der Waals surface area (Å²) in [7, 11) is 0. The standard InChI is InChI=1S/C18H18Cl2N4O4/c1-2-3-9-23-18(27)24(22-21-23)16-14(19)8-7-13(15(16)20)17(26)28-12-6-4-5-11(25)10-12/h7-8,10H,2-6,9H2,1H3. The Morgan fingerprint density at radius 3 is 2.71 bits per heavy atom. The summed E-state index contributed by atoms with van der Waals surface area (Å²) in [6.07, 6.45) is 4.51. The fourth-order valence-electron chi connectivity index (χ4n) is 2.77. The number of ketones is 1. The van der Waals surface area contributed by atoms with E-state index >= 15 is 0 Å². The van der Waals surface area contributed by atoms with Gasteiger partial charge in [0.15, 0.2) is 5.78 Å². The fourth-order valence-corrected chi connectivity index (χ4v) is 3.38. The fraction of sp³-hybridized carbons (Fsp3) is 0.389. The monoisotopic (exact) mass is 424 g/mol. The largest absolute Gasteiger partial charge is 0.427 e. The van der Waals surface area contributed by atoms with Crippen LogP contribution in [0.3, 0.4) is 0 Å². The Morgan fingerprint density at radius 2 is 2.00 bits per heavy atom. The molecule has 0 spiro atoms. The molecule has 0 amide bonds. The van der Waals surface area contributed by atoms with Crippen molar-refractivity contribution >= 4 is 35.0 Å². The van der Waals surface area contributed by atoms with Gasteiger partial charge in [0.1, 0.15) is 11.4 Å². The Bertz CT molecular complexity index is 1010. The van der Waals surface area contributed by atoms with E-state index in [9.17, 15) is 14.4 Å². The summed E-state index contributed by atoms with van der Waals surface area (Å²) >= 11 is 12.6. The first-order valence-electron chi connectivity index (χ1n) is 8.89. The van der Waals surface area contributed by atoms with Crippen LogP contribution in [0.4, 0.5) is 0 Å². The van der Waals surface area contributed by atoms with Crippen LogP contribution in [-0.2, 0) is 16.1 Å². The number of allylic oxidation sites excluding steroid dienone is 2. The summed E-state index contributed by atoms with van der Waals surface area (Å²) in [5, 5.41) is 7.71. The molecule has 0 fully saturated rings. The van der Waals surface area contributed by atoms with Crippen LogP contribution >= 0.6 is 23.2 Å². The average molecular weight is 425 g/mol. The first kappa shape index (κ1) is 20.3. The Labute approximate surface area is 170 Å². The van der Waals surface area contributed by atoms with E-state index in [1.165, 1.54) is 22.9 Å². The quantitative estimate of drug-likeness (QED) is 0.659. The van der Waals surface area contributed by atoms with Gasteiger partial charge >= 0.3 is 11.7 Å². The molecule has 1 aliphatic rings. The van der Waals surface area contributed by atoms with E-state index < -0.39 is 11.7 Å². The Kier molecular flexibility index (Phi) is 6.31. The molecule has 0 saturated carbocycles. The number of aromatic nitrogens is 4. The van der Waals surface area contributed by atoms with Crippen molar-refractivity contribution in [1.29, 1.82) is 0 Å². The van der Waals surface area contributed by atoms with E-state index in [4.69, 9.17) is 27.9 Å². The third-order valence-electron chi connectivity index (χ3n) is 4.25. The molecule has 148 valence electrons. The molecule has 3 rings (SSSR count). The Balaban J connectivity index is 1.95. The van der Waals surface area contributed by atoms with Crippen LogP contribution in [0.2, 0.25) is 10.0 Å². The van der Waals surface area contributed by atoms with Crippen molar-refractivity contribution in [2.75, 3.05) is 0 Å². The minimum absolute atomic E-state index is 0.00926. The number of hydrogen-bond acceptors (Lipinski definition) is 6. The maximum Gasteiger partial charge on any atom is 0.368 e. The summed E-state index contributed by atoms with van der Waals surface area (Å²) in [5.74, 6) is -0.543. The van der Waals surface area contributed by atoms with E-state index in [0.29, 0.717) is 25.8 Å². The zero-order valence-electron chi connectivity index (χ0n) is 15.2. The number of tetrazole rings is 1. The molecule has 1 heterocycles. The normalized spacial score (nSPS) is 14.1. The number of rotatable bonds is 6. The third kappa shape index (κ3) is 4.18. The second-order valence-electron chi connectivity index (χ2n) is 6.33. The molecule has 10 heteroatoms. The first-order chi connectivity index (χ1) is 13.4. The number of hydrogen-bond donors (Lipinski definition) is 0. The van der Waals surface area contributed by atoms with Crippen LogP contribution in [0.25, 0.3) is 5.69 Å². The van der Waals surface area contributed by atoms with Gasteiger partial charge in [0.05, 0.1) is 15.6 Å². The zero-order valence-corrected chi connectivity index (χ0v) is 16.7. The van der Waals surface area contributed by atoms with Crippen molar-refractivity contribution in [2.24, 2.45) is 0 Å². The molecule has 8 nitrogen and oxygen atoms in total.